The molecule has 4 nitrogen and oxygen atoms in total. The highest BCUT2D eigenvalue weighted by atomic mass is 79.9. The number of carbonyl (C=O) groups excluding carboxylic acids is 1. The third-order valence-electron chi connectivity index (χ3n) is 3.35. The number of hydrogen-bond donors (Lipinski definition) is 0. The Hall–Kier alpha value is -2.27. The predicted octanol–water partition coefficient (Wildman–Crippen LogP) is 4.76. The van der Waals surface area contributed by atoms with Gasteiger partial charge in [0.25, 0.3) is 0 Å². The summed E-state index contributed by atoms with van der Waals surface area (Å²) < 4.78 is 16.7. The third-order valence-corrected chi connectivity index (χ3v) is 3.97. The second-order valence-electron chi connectivity index (χ2n) is 4.89. The third kappa shape index (κ3) is 4.38. The van der Waals surface area contributed by atoms with Crippen molar-refractivity contribution in [2.45, 2.75) is 6.92 Å². The van der Waals surface area contributed by atoms with Gasteiger partial charge in [-0.25, -0.2) is 0 Å². The standard InChI is InChI=1S/C19H19BrO4/c1-4-24-18-9-6-13(11-19(18)23-3)5-8-16(21)14-7-10-17(22-2)15(20)12-14/h5-12H,4H2,1-3H3/b8-5+. The second kappa shape index (κ2) is 8.55. The zero-order valence-corrected chi connectivity index (χ0v) is 15.4. The summed E-state index contributed by atoms with van der Waals surface area (Å²) in [6.07, 6.45) is 3.28. The first-order valence-corrected chi connectivity index (χ1v) is 8.25. The molecule has 2 rings (SSSR count). The fraction of sp³-hybridized carbons (Fsp3) is 0.211. The molecule has 5 heteroatoms. The second-order valence-corrected chi connectivity index (χ2v) is 5.74. The van der Waals surface area contributed by atoms with E-state index in [1.54, 1.807) is 38.5 Å². The Balaban J connectivity index is 2.18. The molecule has 0 aromatic heterocycles. The highest BCUT2D eigenvalue weighted by Gasteiger charge is 2.07. The lowest BCUT2D eigenvalue weighted by atomic mass is 10.1. The molecule has 0 atom stereocenters. The van der Waals surface area contributed by atoms with E-state index in [4.69, 9.17) is 14.2 Å². The molecule has 0 aliphatic carbocycles. The predicted molar refractivity (Wildman–Crippen MR) is 98.2 cm³/mol. The minimum Gasteiger partial charge on any atom is -0.496 e. The lowest BCUT2D eigenvalue weighted by Crippen LogP contribution is -1.96. The molecule has 0 radical (unpaired) electrons. The molecule has 2 aromatic carbocycles. The molecule has 24 heavy (non-hydrogen) atoms. The van der Waals surface area contributed by atoms with Crippen LogP contribution in [0.1, 0.15) is 22.8 Å². The number of carbonyl (C=O) groups is 1. The highest BCUT2D eigenvalue weighted by molar-refractivity contribution is 9.10. The lowest BCUT2D eigenvalue weighted by Gasteiger charge is -2.09. The van der Waals surface area contributed by atoms with Crippen LogP contribution in [0.4, 0.5) is 0 Å². The van der Waals surface area contributed by atoms with Crippen molar-refractivity contribution in [3.8, 4) is 17.2 Å². The minimum absolute atomic E-state index is 0.0915. The van der Waals surface area contributed by atoms with Gasteiger partial charge < -0.3 is 14.2 Å². The van der Waals surface area contributed by atoms with Crippen LogP contribution in [0.5, 0.6) is 17.2 Å². The Labute approximate surface area is 150 Å². The number of rotatable bonds is 7. The average Bonchev–Trinajstić information content (AvgIpc) is 2.60. The average molecular weight is 391 g/mol. The van der Waals surface area contributed by atoms with Gasteiger partial charge in [0.15, 0.2) is 17.3 Å². The number of benzene rings is 2. The number of halogens is 1. The van der Waals surface area contributed by atoms with Crippen LogP contribution < -0.4 is 14.2 Å². The Bertz CT molecular complexity index is 753. The van der Waals surface area contributed by atoms with Crippen molar-refractivity contribution in [1.82, 2.24) is 0 Å². The normalized spacial score (nSPS) is 10.7. The van der Waals surface area contributed by atoms with E-state index in [0.29, 0.717) is 29.4 Å². The molecule has 0 saturated carbocycles. The Morgan fingerprint density at radius 1 is 1.04 bits per heavy atom. The lowest BCUT2D eigenvalue weighted by molar-refractivity contribution is 0.104. The summed E-state index contributed by atoms with van der Waals surface area (Å²) in [4.78, 5) is 12.3. The molecule has 0 bridgehead atoms. The van der Waals surface area contributed by atoms with Crippen molar-refractivity contribution in [2.75, 3.05) is 20.8 Å². The van der Waals surface area contributed by atoms with Crippen molar-refractivity contribution in [3.05, 3.63) is 58.1 Å². The fourth-order valence-corrected chi connectivity index (χ4v) is 2.69. The Morgan fingerprint density at radius 2 is 1.75 bits per heavy atom. The molecular formula is C19H19BrO4. The molecule has 0 fully saturated rings. The summed E-state index contributed by atoms with van der Waals surface area (Å²) in [5.41, 5.74) is 1.44. The molecule has 126 valence electrons. The smallest absolute Gasteiger partial charge is 0.185 e. The quantitative estimate of drug-likeness (QED) is 0.504. The summed E-state index contributed by atoms with van der Waals surface area (Å²) >= 11 is 3.38. The van der Waals surface area contributed by atoms with Crippen molar-refractivity contribution >= 4 is 27.8 Å². The van der Waals surface area contributed by atoms with E-state index in [2.05, 4.69) is 15.9 Å². The zero-order chi connectivity index (χ0) is 17.5. The molecule has 0 aliphatic rings. The van der Waals surface area contributed by atoms with E-state index in [1.807, 2.05) is 25.1 Å². The van der Waals surface area contributed by atoms with E-state index in [1.165, 1.54) is 6.08 Å². The van der Waals surface area contributed by atoms with Crippen LogP contribution in [-0.4, -0.2) is 26.6 Å². The molecule has 0 spiro atoms. The van der Waals surface area contributed by atoms with Crippen molar-refractivity contribution in [3.63, 3.8) is 0 Å². The zero-order valence-electron chi connectivity index (χ0n) is 13.8. The van der Waals surface area contributed by atoms with E-state index < -0.39 is 0 Å². The number of ketones is 1. The van der Waals surface area contributed by atoms with Crippen molar-refractivity contribution in [1.29, 1.82) is 0 Å². The number of hydrogen-bond acceptors (Lipinski definition) is 4. The SMILES string of the molecule is CCOc1ccc(/C=C/C(=O)c2ccc(OC)c(Br)c2)cc1OC. The van der Waals surface area contributed by atoms with Crippen molar-refractivity contribution in [2.24, 2.45) is 0 Å². The summed E-state index contributed by atoms with van der Waals surface area (Å²) in [5, 5.41) is 0. The van der Waals surface area contributed by atoms with Gasteiger partial charge in [-0.1, -0.05) is 12.1 Å². The van der Waals surface area contributed by atoms with Crippen LogP contribution in [-0.2, 0) is 0 Å². The number of methoxy groups -OCH3 is 2. The maximum Gasteiger partial charge on any atom is 0.185 e. The molecule has 0 aliphatic heterocycles. The van der Waals surface area contributed by atoms with E-state index in [-0.39, 0.29) is 5.78 Å². The van der Waals surface area contributed by atoms with Gasteiger partial charge in [0, 0.05) is 5.56 Å². The Morgan fingerprint density at radius 3 is 2.38 bits per heavy atom. The highest BCUT2D eigenvalue weighted by Crippen LogP contribution is 2.29. The van der Waals surface area contributed by atoms with E-state index in [9.17, 15) is 4.79 Å². The molecular weight excluding hydrogens is 372 g/mol. The van der Waals surface area contributed by atoms with Crippen LogP contribution in [0.2, 0.25) is 0 Å². The monoisotopic (exact) mass is 390 g/mol. The topological polar surface area (TPSA) is 44.8 Å². The number of ether oxygens (including phenoxy) is 3. The molecule has 0 saturated heterocycles. The first-order valence-electron chi connectivity index (χ1n) is 7.45. The van der Waals surface area contributed by atoms with Crippen LogP contribution in [0.3, 0.4) is 0 Å². The summed E-state index contributed by atoms with van der Waals surface area (Å²) in [6.45, 7) is 2.48. The fourth-order valence-electron chi connectivity index (χ4n) is 2.15. The maximum absolute atomic E-state index is 12.3. The molecule has 0 N–H and O–H groups in total. The van der Waals surface area contributed by atoms with Crippen LogP contribution in [0.15, 0.2) is 46.9 Å². The first-order chi connectivity index (χ1) is 11.6. The van der Waals surface area contributed by atoms with Crippen LogP contribution in [0, 0.1) is 0 Å². The van der Waals surface area contributed by atoms with Gasteiger partial charge in [-0.05, 0) is 64.8 Å². The Kier molecular flexibility index (Phi) is 6.44. The van der Waals surface area contributed by atoms with Gasteiger partial charge in [-0.2, -0.15) is 0 Å². The molecule has 0 unspecified atom stereocenters. The minimum atomic E-state index is -0.0915. The van der Waals surface area contributed by atoms with Gasteiger partial charge >= 0.3 is 0 Å². The molecule has 0 amide bonds. The number of allylic oxidation sites excluding steroid dienone is 1. The molecule has 0 heterocycles. The van der Waals surface area contributed by atoms with Crippen LogP contribution >= 0.6 is 15.9 Å². The van der Waals surface area contributed by atoms with Gasteiger partial charge in [0.05, 0.1) is 25.3 Å². The summed E-state index contributed by atoms with van der Waals surface area (Å²) in [7, 11) is 3.17. The summed E-state index contributed by atoms with van der Waals surface area (Å²) in [6, 6.07) is 10.8. The molecule has 2 aromatic rings. The maximum atomic E-state index is 12.3. The van der Waals surface area contributed by atoms with Gasteiger partial charge in [0.1, 0.15) is 5.75 Å². The van der Waals surface area contributed by atoms with E-state index in [0.717, 1.165) is 10.0 Å². The van der Waals surface area contributed by atoms with Crippen molar-refractivity contribution < 1.29 is 19.0 Å². The van der Waals surface area contributed by atoms with Gasteiger partial charge in [-0.3, -0.25) is 4.79 Å². The summed E-state index contributed by atoms with van der Waals surface area (Å²) in [5.74, 6) is 1.92. The first kappa shape index (κ1) is 18.1. The van der Waals surface area contributed by atoms with Gasteiger partial charge in [0.2, 0.25) is 0 Å². The van der Waals surface area contributed by atoms with Crippen LogP contribution in [0.25, 0.3) is 6.08 Å². The largest absolute Gasteiger partial charge is 0.496 e. The van der Waals surface area contributed by atoms with E-state index >= 15 is 0 Å². The van der Waals surface area contributed by atoms with Gasteiger partial charge in [-0.15, -0.1) is 0 Å².